The molecule has 0 aliphatic carbocycles. The van der Waals surface area contributed by atoms with Gasteiger partial charge in [-0.25, -0.2) is 0 Å². The fourth-order valence-electron chi connectivity index (χ4n) is 2.90. The number of aromatic nitrogens is 4. The monoisotopic (exact) mass is 379 g/mol. The highest BCUT2D eigenvalue weighted by Gasteiger charge is 2.23. The molecule has 0 fully saturated rings. The van der Waals surface area contributed by atoms with Crippen LogP contribution in [0, 0.1) is 0 Å². The molecule has 0 aromatic carbocycles. The van der Waals surface area contributed by atoms with Gasteiger partial charge in [0.25, 0.3) is 5.91 Å². The summed E-state index contributed by atoms with van der Waals surface area (Å²) in [5.41, 5.74) is 3.00. The van der Waals surface area contributed by atoms with Gasteiger partial charge in [0.15, 0.2) is 11.5 Å². The van der Waals surface area contributed by atoms with Crippen LogP contribution in [0.4, 0.5) is 0 Å². The van der Waals surface area contributed by atoms with E-state index in [1.807, 2.05) is 17.5 Å². The van der Waals surface area contributed by atoms with Crippen molar-refractivity contribution in [2.24, 2.45) is 7.05 Å². The summed E-state index contributed by atoms with van der Waals surface area (Å²) in [5.74, 6) is 0.232. The molecule has 0 unspecified atom stereocenters. The molecule has 7 nitrogen and oxygen atoms in total. The van der Waals surface area contributed by atoms with Gasteiger partial charge >= 0.3 is 0 Å². The predicted octanol–water partition coefficient (Wildman–Crippen LogP) is 3.25. The van der Waals surface area contributed by atoms with Crippen LogP contribution in [0.5, 0.6) is 0 Å². The number of nitrogens with zero attached hydrogens (tertiary/aromatic N) is 4. The summed E-state index contributed by atoms with van der Waals surface area (Å²) in [7, 11) is 1.76. The topological polar surface area (TPSA) is 85.8 Å². The lowest BCUT2D eigenvalue weighted by Gasteiger charge is -2.18. The van der Waals surface area contributed by atoms with Crippen molar-refractivity contribution < 1.29 is 9.32 Å². The van der Waals surface area contributed by atoms with E-state index in [1.165, 1.54) is 0 Å². The molecule has 0 aliphatic rings. The van der Waals surface area contributed by atoms with Crippen LogP contribution in [0.25, 0.3) is 11.3 Å². The van der Waals surface area contributed by atoms with Gasteiger partial charge in [-0.2, -0.15) is 16.4 Å². The number of carbonyl (C=O) groups excluding carboxylic acids is 1. The van der Waals surface area contributed by atoms with Gasteiger partial charge in [-0.15, -0.1) is 0 Å². The molecular formula is C19H17N5O2S. The Morgan fingerprint density at radius 1 is 1.33 bits per heavy atom. The Morgan fingerprint density at radius 3 is 2.96 bits per heavy atom. The molecule has 4 heterocycles. The number of thiophene rings is 1. The van der Waals surface area contributed by atoms with Gasteiger partial charge in [-0.05, 0) is 40.4 Å². The second kappa shape index (κ2) is 7.55. The summed E-state index contributed by atoms with van der Waals surface area (Å²) in [6, 6.07) is 7.37. The fourth-order valence-corrected chi connectivity index (χ4v) is 3.58. The van der Waals surface area contributed by atoms with Crippen LogP contribution in [-0.4, -0.2) is 25.8 Å². The molecule has 8 heteroatoms. The third-order valence-electron chi connectivity index (χ3n) is 4.16. The SMILES string of the molecule is Cn1cc(-c2ccno2)c(C(=O)N[C@@H](Cc2ccsc2)c2cccnc2)n1. The predicted molar refractivity (Wildman–Crippen MR) is 101 cm³/mol. The first-order valence-corrected chi connectivity index (χ1v) is 9.31. The minimum absolute atomic E-state index is 0.217. The molecule has 0 bridgehead atoms. The summed E-state index contributed by atoms with van der Waals surface area (Å²) >= 11 is 1.63. The number of hydrogen-bond donors (Lipinski definition) is 1. The van der Waals surface area contributed by atoms with Crippen molar-refractivity contribution in [2.75, 3.05) is 0 Å². The second-order valence-corrected chi connectivity index (χ2v) is 6.87. The normalized spacial score (nSPS) is 12.0. The van der Waals surface area contributed by atoms with Crippen LogP contribution >= 0.6 is 11.3 Å². The number of carbonyl (C=O) groups is 1. The lowest BCUT2D eigenvalue weighted by atomic mass is 10.0. The Kier molecular flexibility index (Phi) is 4.80. The van der Waals surface area contributed by atoms with Gasteiger partial charge < -0.3 is 9.84 Å². The first kappa shape index (κ1) is 17.2. The van der Waals surface area contributed by atoms with E-state index < -0.39 is 0 Å². The summed E-state index contributed by atoms with van der Waals surface area (Å²) in [5, 5.41) is 15.2. The van der Waals surface area contributed by atoms with E-state index in [4.69, 9.17) is 4.52 Å². The zero-order valence-corrected chi connectivity index (χ0v) is 15.4. The molecular weight excluding hydrogens is 362 g/mol. The Bertz CT molecular complexity index is 1010. The van der Waals surface area contributed by atoms with Crippen molar-refractivity contribution in [1.82, 2.24) is 25.2 Å². The van der Waals surface area contributed by atoms with Crippen LogP contribution in [0.2, 0.25) is 0 Å². The van der Waals surface area contributed by atoms with Crippen molar-refractivity contribution >= 4 is 17.2 Å². The highest BCUT2D eigenvalue weighted by molar-refractivity contribution is 7.07. The molecule has 0 aliphatic heterocycles. The highest BCUT2D eigenvalue weighted by Crippen LogP contribution is 2.24. The Labute approximate surface area is 159 Å². The smallest absolute Gasteiger partial charge is 0.273 e. The van der Waals surface area contributed by atoms with E-state index in [2.05, 4.69) is 32.0 Å². The van der Waals surface area contributed by atoms with Crippen molar-refractivity contribution in [3.8, 4) is 11.3 Å². The average molecular weight is 379 g/mol. The van der Waals surface area contributed by atoms with Gasteiger partial charge in [0.05, 0.1) is 17.8 Å². The van der Waals surface area contributed by atoms with Crippen LogP contribution in [0.1, 0.15) is 27.7 Å². The van der Waals surface area contributed by atoms with Crippen molar-refractivity contribution in [3.05, 3.63) is 76.6 Å². The standard InChI is InChI=1S/C19H17N5O2S/c1-24-11-15(17-4-7-21-26-17)18(23-24)19(25)22-16(9-13-5-8-27-12-13)14-3-2-6-20-10-14/h2-8,10-12,16H,9H2,1H3,(H,22,25)/t16-/m0/s1. The zero-order chi connectivity index (χ0) is 18.6. The maximum absolute atomic E-state index is 13.0. The highest BCUT2D eigenvalue weighted by atomic mass is 32.1. The zero-order valence-electron chi connectivity index (χ0n) is 14.6. The van der Waals surface area contributed by atoms with Gasteiger partial charge in [-0.1, -0.05) is 11.2 Å². The minimum atomic E-state index is -0.272. The molecule has 1 amide bonds. The molecule has 1 atom stereocenters. The summed E-state index contributed by atoms with van der Waals surface area (Å²) in [6.07, 6.45) is 7.44. The minimum Gasteiger partial charge on any atom is -0.356 e. The van der Waals surface area contributed by atoms with Crippen LogP contribution in [-0.2, 0) is 13.5 Å². The van der Waals surface area contributed by atoms with E-state index in [0.29, 0.717) is 23.4 Å². The Hall–Kier alpha value is -3.26. The maximum atomic E-state index is 13.0. The van der Waals surface area contributed by atoms with Gasteiger partial charge in [-0.3, -0.25) is 14.5 Å². The van der Waals surface area contributed by atoms with Crippen molar-refractivity contribution in [2.45, 2.75) is 12.5 Å². The summed E-state index contributed by atoms with van der Waals surface area (Å²) in [4.78, 5) is 17.2. The quantitative estimate of drug-likeness (QED) is 0.556. The lowest BCUT2D eigenvalue weighted by molar-refractivity contribution is 0.0931. The first-order chi connectivity index (χ1) is 13.2. The maximum Gasteiger partial charge on any atom is 0.273 e. The van der Waals surface area contributed by atoms with E-state index in [1.54, 1.807) is 53.9 Å². The van der Waals surface area contributed by atoms with E-state index >= 15 is 0 Å². The average Bonchev–Trinajstić information content (AvgIpc) is 3.43. The van der Waals surface area contributed by atoms with Gasteiger partial charge in [0.2, 0.25) is 0 Å². The van der Waals surface area contributed by atoms with Crippen LogP contribution in [0.3, 0.4) is 0 Å². The van der Waals surface area contributed by atoms with Gasteiger partial charge in [0, 0.05) is 31.7 Å². The van der Waals surface area contributed by atoms with Crippen LogP contribution < -0.4 is 5.32 Å². The number of pyridine rings is 1. The second-order valence-electron chi connectivity index (χ2n) is 6.09. The van der Waals surface area contributed by atoms with E-state index in [-0.39, 0.29) is 11.9 Å². The Balaban J connectivity index is 1.63. The van der Waals surface area contributed by atoms with Crippen molar-refractivity contribution in [3.63, 3.8) is 0 Å². The number of amides is 1. The van der Waals surface area contributed by atoms with E-state index in [0.717, 1.165) is 11.1 Å². The van der Waals surface area contributed by atoms with Crippen LogP contribution in [0.15, 0.2) is 64.3 Å². The third-order valence-corrected chi connectivity index (χ3v) is 4.89. The van der Waals surface area contributed by atoms with Gasteiger partial charge in [0.1, 0.15) is 0 Å². The first-order valence-electron chi connectivity index (χ1n) is 8.37. The molecule has 4 rings (SSSR count). The molecule has 0 spiro atoms. The molecule has 4 aromatic heterocycles. The molecule has 27 heavy (non-hydrogen) atoms. The lowest BCUT2D eigenvalue weighted by Crippen LogP contribution is -2.30. The molecule has 0 saturated heterocycles. The van der Waals surface area contributed by atoms with E-state index in [9.17, 15) is 4.79 Å². The number of nitrogens with one attached hydrogen (secondary N) is 1. The Morgan fingerprint density at radius 2 is 2.26 bits per heavy atom. The third kappa shape index (κ3) is 3.80. The molecule has 136 valence electrons. The van der Waals surface area contributed by atoms with Crippen molar-refractivity contribution in [1.29, 1.82) is 0 Å². The number of hydrogen-bond acceptors (Lipinski definition) is 6. The fraction of sp³-hybridized carbons (Fsp3) is 0.158. The summed E-state index contributed by atoms with van der Waals surface area (Å²) in [6.45, 7) is 0. The molecule has 0 saturated carbocycles. The number of rotatable bonds is 6. The number of aryl methyl sites for hydroxylation is 1. The molecule has 0 radical (unpaired) electrons. The molecule has 4 aromatic rings. The largest absolute Gasteiger partial charge is 0.356 e. The summed E-state index contributed by atoms with van der Waals surface area (Å²) < 4.78 is 6.79. The molecule has 1 N–H and O–H groups in total.